The first kappa shape index (κ1) is 8.67. The van der Waals surface area contributed by atoms with Crippen LogP contribution in [-0.4, -0.2) is 0 Å². The molecule has 2 N–H and O–H groups in total. The highest BCUT2D eigenvalue weighted by Gasteiger charge is 2.01. The van der Waals surface area contributed by atoms with Crippen LogP contribution in [0.5, 0.6) is 0 Å². The van der Waals surface area contributed by atoms with E-state index in [1.807, 2.05) is 18.2 Å². The molecule has 0 saturated carbocycles. The van der Waals surface area contributed by atoms with Gasteiger partial charge < -0.3 is 5.73 Å². The second-order valence-corrected chi connectivity index (χ2v) is 2.77. The Morgan fingerprint density at radius 1 is 1.50 bits per heavy atom. The van der Waals surface area contributed by atoms with Gasteiger partial charge in [0.15, 0.2) is 0 Å². The van der Waals surface area contributed by atoms with Crippen LogP contribution in [-0.2, 0) is 6.42 Å². The predicted octanol–water partition coefficient (Wildman–Crippen LogP) is 2.20. The van der Waals surface area contributed by atoms with E-state index in [1.54, 1.807) is 0 Å². The fourth-order valence-electron chi connectivity index (χ4n) is 1.27. The van der Waals surface area contributed by atoms with Crippen molar-refractivity contribution in [1.29, 1.82) is 0 Å². The predicted molar refractivity (Wildman–Crippen MR) is 52.8 cm³/mol. The molecular formula is C11H13N. The number of hydrogen-bond donors (Lipinski definition) is 1. The Morgan fingerprint density at radius 2 is 2.25 bits per heavy atom. The standard InChI is InChI=1S/C11H13N/c1-3-6-10-9(4-2)7-5-8-11(10)12/h2,5,7-8H,3,6,12H2,1H3. The zero-order valence-corrected chi connectivity index (χ0v) is 7.30. The normalized spacial score (nSPS) is 9.33. The number of hydrogen-bond acceptors (Lipinski definition) is 1. The zero-order chi connectivity index (χ0) is 8.97. The maximum Gasteiger partial charge on any atom is 0.0359 e. The molecule has 1 nitrogen and oxygen atoms in total. The number of terminal acetylenes is 1. The topological polar surface area (TPSA) is 26.0 Å². The molecule has 1 aromatic carbocycles. The Morgan fingerprint density at radius 3 is 2.83 bits per heavy atom. The molecule has 0 amide bonds. The van der Waals surface area contributed by atoms with Crippen LogP contribution in [0.2, 0.25) is 0 Å². The van der Waals surface area contributed by atoms with Crippen LogP contribution in [0.1, 0.15) is 24.5 Å². The number of rotatable bonds is 2. The molecule has 1 aromatic rings. The SMILES string of the molecule is C#Cc1cccc(N)c1CCC. The third kappa shape index (κ3) is 1.60. The smallest absolute Gasteiger partial charge is 0.0359 e. The number of nitrogens with two attached hydrogens (primary N) is 1. The van der Waals surface area contributed by atoms with E-state index in [-0.39, 0.29) is 0 Å². The first-order chi connectivity index (χ1) is 5.79. The monoisotopic (exact) mass is 159 g/mol. The number of nitrogen functional groups attached to an aromatic ring is 1. The van der Waals surface area contributed by atoms with Crippen LogP contribution in [0, 0.1) is 12.3 Å². The first-order valence-corrected chi connectivity index (χ1v) is 4.13. The van der Waals surface area contributed by atoms with Crippen molar-refractivity contribution in [1.82, 2.24) is 0 Å². The van der Waals surface area contributed by atoms with E-state index in [0.717, 1.165) is 29.7 Å². The van der Waals surface area contributed by atoms with E-state index >= 15 is 0 Å². The van der Waals surface area contributed by atoms with E-state index in [4.69, 9.17) is 12.2 Å². The molecule has 0 fully saturated rings. The minimum atomic E-state index is 0.812. The Balaban J connectivity index is 3.13. The summed E-state index contributed by atoms with van der Waals surface area (Å²) in [7, 11) is 0. The summed E-state index contributed by atoms with van der Waals surface area (Å²) in [6.07, 6.45) is 7.38. The van der Waals surface area contributed by atoms with E-state index in [0.29, 0.717) is 0 Å². The molecule has 0 radical (unpaired) electrons. The average molecular weight is 159 g/mol. The Hall–Kier alpha value is -1.42. The quantitative estimate of drug-likeness (QED) is 0.519. The van der Waals surface area contributed by atoms with Crippen LogP contribution >= 0.6 is 0 Å². The molecular weight excluding hydrogens is 146 g/mol. The summed E-state index contributed by atoms with van der Waals surface area (Å²) >= 11 is 0. The summed E-state index contributed by atoms with van der Waals surface area (Å²) in [5.74, 6) is 2.64. The lowest BCUT2D eigenvalue weighted by Gasteiger charge is -2.05. The van der Waals surface area contributed by atoms with Crippen molar-refractivity contribution < 1.29 is 0 Å². The van der Waals surface area contributed by atoms with Crippen LogP contribution in [0.3, 0.4) is 0 Å². The maximum absolute atomic E-state index is 5.79. The van der Waals surface area contributed by atoms with Gasteiger partial charge in [0, 0.05) is 11.3 Å². The van der Waals surface area contributed by atoms with Gasteiger partial charge in [0.05, 0.1) is 0 Å². The molecule has 0 unspecified atom stereocenters. The van der Waals surface area contributed by atoms with Crippen LogP contribution in [0.4, 0.5) is 5.69 Å². The molecule has 0 atom stereocenters. The lowest BCUT2D eigenvalue weighted by atomic mass is 10.0. The second kappa shape index (κ2) is 3.82. The summed E-state index contributed by atoms with van der Waals surface area (Å²) in [4.78, 5) is 0. The Bertz CT molecular complexity index is 307. The van der Waals surface area contributed by atoms with Gasteiger partial charge >= 0.3 is 0 Å². The van der Waals surface area contributed by atoms with E-state index in [2.05, 4.69) is 12.8 Å². The molecule has 0 spiro atoms. The van der Waals surface area contributed by atoms with Gasteiger partial charge in [0.1, 0.15) is 0 Å². The van der Waals surface area contributed by atoms with Crippen molar-refractivity contribution in [3.05, 3.63) is 29.3 Å². The largest absolute Gasteiger partial charge is 0.398 e. The van der Waals surface area contributed by atoms with Gasteiger partial charge in [-0.05, 0) is 24.1 Å². The van der Waals surface area contributed by atoms with Gasteiger partial charge in [-0.15, -0.1) is 6.42 Å². The van der Waals surface area contributed by atoms with Crippen molar-refractivity contribution >= 4 is 5.69 Å². The Kier molecular flexibility index (Phi) is 2.76. The second-order valence-electron chi connectivity index (χ2n) is 2.77. The third-order valence-corrected chi connectivity index (χ3v) is 1.87. The summed E-state index contributed by atoms with van der Waals surface area (Å²) in [6, 6.07) is 5.72. The maximum atomic E-state index is 5.79. The highest BCUT2D eigenvalue weighted by atomic mass is 14.6. The van der Waals surface area contributed by atoms with Crippen molar-refractivity contribution in [3.63, 3.8) is 0 Å². The highest BCUT2D eigenvalue weighted by Crippen LogP contribution is 2.17. The molecule has 1 heteroatoms. The summed E-state index contributed by atoms with van der Waals surface area (Å²) in [6.45, 7) is 2.12. The van der Waals surface area contributed by atoms with E-state index in [1.165, 1.54) is 0 Å². The molecule has 62 valence electrons. The third-order valence-electron chi connectivity index (χ3n) is 1.87. The molecule has 0 aliphatic carbocycles. The fraction of sp³-hybridized carbons (Fsp3) is 0.273. The number of benzene rings is 1. The first-order valence-electron chi connectivity index (χ1n) is 4.13. The van der Waals surface area contributed by atoms with Gasteiger partial charge in [-0.1, -0.05) is 25.3 Å². The van der Waals surface area contributed by atoms with Crippen molar-refractivity contribution in [2.24, 2.45) is 0 Å². The number of anilines is 1. The van der Waals surface area contributed by atoms with Crippen molar-refractivity contribution in [3.8, 4) is 12.3 Å². The summed E-state index contributed by atoms with van der Waals surface area (Å²) in [5, 5.41) is 0. The molecule has 0 aliphatic rings. The molecule has 0 aromatic heterocycles. The minimum Gasteiger partial charge on any atom is -0.398 e. The van der Waals surface area contributed by atoms with E-state index < -0.39 is 0 Å². The van der Waals surface area contributed by atoms with Gasteiger partial charge in [-0.2, -0.15) is 0 Å². The van der Waals surface area contributed by atoms with Crippen LogP contribution in [0.15, 0.2) is 18.2 Å². The van der Waals surface area contributed by atoms with Crippen LogP contribution < -0.4 is 5.73 Å². The lowest BCUT2D eigenvalue weighted by Crippen LogP contribution is -1.96. The molecule has 12 heavy (non-hydrogen) atoms. The zero-order valence-electron chi connectivity index (χ0n) is 7.30. The Labute approximate surface area is 73.6 Å². The lowest BCUT2D eigenvalue weighted by molar-refractivity contribution is 0.921. The van der Waals surface area contributed by atoms with Crippen molar-refractivity contribution in [2.75, 3.05) is 5.73 Å². The van der Waals surface area contributed by atoms with Crippen LogP contribution in [0.25, 0.3) is 0 Å². The fourth-order valence-corrected chi connectivity index (χ4v) is 1.27. The average Bonchev–Trinajstić information content (AvgIpc) is 2.09. The highest BCUT2D eigenvalue weighted by molar-refractivity contribution is 5.55. The van der Waals surface area contributed by atoms with Gasteiger partial charge in [0.2, 0.25) is 0 Å². The van der Waals surface area contributed by atoms with E-state index in [9.17, 15) is 0 Å². The molecule has 0 heterocycles. The van der Waals surface area contributed by atoms with Gasteiger partial charge in [0.25, 0.3) is 0 Å². The summed E-state index contributed by atoms with van der Waals surface area (Å²) < 4.78 is 0. The molecule has 0 saturated heterocycles. The molecule has 0 bridgehead atoms. The molecule has 1 rings (SSSR count). The minimum absolute atomic E-state index is 0.812. The van der Waals surface area contributed by atoms with Gasteiger partial charge in [-0.3, -0.25) is 0 Å². The van der Waals surface area contributed by atoms with Gasteiger partial charge in [-0.25, -0.2) is 0 Å². The van der Waals surface area contributed by atoms with Crippen molar-refractivity contribution in [2.45, 2.75) is 19.8 Å². The summed E-state index contributed by atoms with van der Waals surface area (Å²) in [5.41, 5.74) is 8.64. The molecule has 0 aliphatic heterocycles.